The standard InChI is InChI=1S/C25H22N8O/c1-17-10-11-26-22(12-17)32-24-13-23(27-15-28-24)30-18-6-8-19(9-7-18)31-25(34)14-33-16-29-20-4-2-3-5-21(20)33/h2-13,15-16H,14H2,1H3,(H,31,34)(H2,26,27,28,30,32). The van der Waals surface area contributed by atoms with Crippen LogP contribution in [0.5, 0.6) is 0 Å². The van der Waals surface area contributed by atoms with Crippen molar-refractivity contribution in [2.24, 2.45) is 0 Å². The topological polar surface area (TPSA) is 110 Å². The summed E-state index contributed by atoms with van der Waals surface area (Å²) in [5, 5.41) is 9.34. The van der Waals surface area contributed by atoms with Crippen molar-refractivity contribution < 1.29 is 4.79 Å². The van der Waals surface area contributed by atoms with Gasteiger partial charge >= 0.3 is 0 Å². The van der Waals surface area contributed by atoms with E-state index in [1.165, 1.54) is 6.33 Å². The third-order valence-corrected chi connectivity index (χ3v) is 5.12. The Morgan fingerprint density at radius 2 is 1.56 bits per heavy atom. The SMILES string of the molecule is Cc1ccnc(Nc2cc(Nc3ccc(NC(=O)Cn4cnc5ccccc54)cc3)ncn2)c1. The molecule has 0 atom stereocenters. The summed E-state index contributed by atoms with van der Waals surface area (Å²) in [5.74, 6) is 1.86. The summed E-state index contributed by atoms with van der Waals surface area (Å²) in [6.45, 7) is 2.19. The van der Waals surface area contributed by atoms with Crippen LogP contribution in [0.25, 0.3) is 11.0 Å². The van der Waals surface area contributed by atoms with Gasteiger partial charge in [0.25, 0.3) is 0 Å². The number of nitrogens with one attached hydrogen (secondary N) is 3. The number of rotatable bonds is 7. The molecule has 0 saturated carbocycles. The summed E-state index contributed by atoms with van der Waals surface area (Å²) < 4.78 is 1.83. The summed E-state index contributed by atoms with van der Waals surface area (Å²) in [5.41, 5.74) is 4.43. The molecule has 5 rings (SSSR count). The van der Waals surface area contributed by atoms with E-state index in [0.717, 1.165) is 22.3 Å². The Kier molecular flexibility index (Phi) is 5.81. The fraction of sp³-hybridized carbons (Fsp3) is 0.0800. The van der Waals surface area contributed by atoms with Gasteiger partial charge < -0.3 is 20.5 Å². The van der Waals surface area contributed by atoms with Crippen molar-refractivity contribution in [3.8, 4) is 0 Å². The van der Waals surface area contributed by atoms with Gasteiger partial charge in [0.1, 0.15) is 30.3 Å². The number of carbonyl (C=O) groups is 1. The molecule has 9 nitrogen and oxygen atoms in total. The molecule has 9 heteroatoms. The predicted molar refractivity (Wildman–Crippen MR) is 132 cm³/mol. The summed E-state index contributed by atoms with van der Waals surface area (Å²) in [6.07, 6.45) is 4.90. The number of hydrogen-bond acceptors (Lipinski definition) is 7. The normalized spacial score (nSPS) is 10.7. The Hall–Kier alpha value is -4.79. The number of benzene rings is 2. The molecule has 0 bridgehead atoms. The van der Waals surface area contributed by atoms with E-state index in [9.17, 15) is 4.79 Å². The first kappa shape index (κ1) is 21.1. The minimum atomic E-state index is -0.125. The van der Waals surface area contributed by atoms with Crippen LogP contribution in [0.4, 0.5) is 28.8 Å². The molecule has 0 fully saturated rings. The molecular formula is C25H22N8O. The lowest BCUT2D eigenvalue weighted by atomic mass is 10.2. The second-order valence-electron chi connectivity index (χ2n) is 7.74. The van der Waals surface area contributed by atoms with E-state index in [2.05, 4.69) is 35.9 Å². The van der Waals surface area contributed by atoms with E-state index in [1.807, 2.05) is 72.2 Å². The number of carbonyl (C=O) groups excluding carboxylic acids is 1. The fourth-order valence-corrected chi connectivity index (χ4v) is 3.51. The van der Waals surface area contributed by atoms with Crippen molar-refractivity contribution in [1.82, 2.24) is 24.5 Å². The molecule has 0 aliphatic carbocycles. The first-order valence-corrected chi connectivity index (χ1v) is 10.7. The zero-order chi connectivity index (χ0) is 23.3. The Bertz CT molecular complexity index is 1450. The van der Waals surface area contributed by atoms with Gasteiger partial charge in [-0.05, 0) is 61.0 Å². The number of fused-ring (bicyclic) bond motifs is 1. The molecular weight excluding hydrogens is 428 g/mol. The molecule has 0 radical (unpaired) electrons. The Morgan fingerprint density at radius 3 is 2.38 bits per heavy atom. The van der Waals surface area contributed by atoms with Crippen LogP contribution >= 0.6 is 0 Å². The van der Waals surface area contributed by atoms with Crippen molar-refractivity contribution in [3.63, 3.8) is 0 Å². The average Bonchev–Trinajstić information content (AvgIpc) is 3.23. The zero-order valence-corrected chi connectivity index (χ0v) is 18.4. The molecule has 0 saturated heterocycles. The maximum atomic E-state index is 12.5. The third-order valence-electron chi connectivity index (χ3n) is 5.12. The fourth-order valence-electron chi connectivity index (χ4n) is 3.51. The largest absolute Gasteiger partial charge is 0.340 e. The smallest absolute Gasteiger partial charge is 0.244 e. The van der Waals surface area contributed by atoms with Gasteiger partial charge in [0.2, 0.25) is 5.91 Å². The molecule has 0 spiro atoms. The zero-order valence-electron chi connectivity index (χ0n) is 18.4. The van der Waals surface area contributed by atoms with Crippen LogP contribution in [0, 0.1) is 6.92 Å². The van der Waals surface area contributed by atoms with Crippen molar-refractivity contribution in [3.05, 3.63) is 91.1 Å². The van der Waals surface area contributed by atoms with E-state index in [1.54, 1.807) is 18.6 Å². The van der Waals surface area contributed by atoms with Crippen LogP contribution in [-0.2, 0) is 11.3 Å². The molecule has 168 valence electrons. The van der Waals surface area contributed by atoms with E-state index >= 15 is 0 Å². The van der Waals surface area contributed by atoms with Crippen LogP contribution in [-0.4, -0.2) is 30.4 Å². The summed E-state index contributed by atoms with van der Waals surface area (Å²) >= 11 is 0. The molecule has 5 aromatic rings. The van der Waals surface area contributed by atoms with E-state index in [-0.39, 0.29) is 12.5 Å². The van der Waals surface area contributed by atoms with Crippen LogP contribution < -0.4 is 16.0 Å². The Labute approximate surface area is 195 Å². The van der Waals surface area contributed by atoms with Crippen LogP contribution in [0.3, 0.4) is 0 Å². The van der Waals surface area contributed by atoms with E-state index in [0.29, 0.717) is 23.1 Å². The highest BCUT2D eigenvalue weighted by molar-refractivity contribution is 5.91. The van der Waals surface area contributed by atoms with Gasteiger partial charge in [0, 0.05) is 23.6 Å². The molecule has 1 amide bonds. The number of para-hydroxylation sites is 2. The number of aromatic nitrogens is 5. The van der Waals surface area contributed by atoms with Gasteiger partial charge in [-0.25, -0.2) is 19.9 Å². The second kappa shape index (κ2) is 9.37. The van der Waals surface area contributed by atoms with Crippen molar-refractivity contribution in [2.45, 2.75) is 13.5 Å². The number of amides is 1. The number of anilines is 5. The monoisotopic (exact) mass is 450 g/mol. The lowest BCUT2D eigenvalue weighted by Gasteiger charge is -2.10. The van der Waals surface area contributed by atoms with E-state index < -0.39 is 0 Å². The summed E-state index contributed by atoms with van der Waals surface area (Å²) in [7, 11) is 0. The molecule has 3 heterocycles. The molecule has 0 aliphatic rings. The quantitative estimate of drug-likeness (QED) is 0.331. The van der Waals surface area contributed by atoms with Crippen molar-refractivity contribution >= 4 is 45.8 Å². The second-order valence-corrected chi connectivity index (χ2v) is 7.74. The van der Waals surface area contributed by atoms with Gasteiger partial charge in [0.15, 0.2) is 0 Å². The molecule has 2 aromatic carbocycles. The lowest BCUT2D eigenvalue weighted by molar-refractivity contribution is -0.116. The minimum absolute atomic E-state index is 0.125. The maximum Gasteiger partial charge on any atom is 0.244 e. The number of aryl methyl sites for hydroxylation is 1. The van der Waals surface area contributed by atoms with Gasteiger partial charge in [-0.3, -0.25) is 4.79 Å². The molecule has 0 aliphatic heterocycles. The summed E-state index contributed by atoms with van der Waals surface area (Å²) in [4.78, 5) is 29.6. The van der Waals surface area contributed by atoms with Gasteiger partial charge in [0.05, 0.1) is 17.4 Å². The molecule has 0 unspecified atom stereocenters. The number of nitrogens with zero attached hydrogens (tertiary/aromatic N) is 5. The van der Waals surface area contributed by atoms with Gasteiger partial charge in [-0.2, -0.15) is 0 Å². The molecule has 3 N–H and O–H groups in total. The average molecular weight is 451 g/mol. The van der Waals surface area contributed by atoms with Crippen molar-refractivity contribution in [1.29, 1.82) is 0 Å². The lowest BCUT2D eigenvalue weighted by Crippen LogP contribution is -2.18. The Morgan fingerprint density at radius 1 is 0.824 bits per heavy atom. The highest BCUT2D eigenvalue weighted by Crippen LogP contribution is 2.20. The van der Waals surface area contributed by atoms with Crippen LogP contribution in [0.15, 0.2) is 85.6 Å². The number of imidazole rings is 1. The maximum absolute atomic E-state index is 12.5. The highest BCUT2D eigenvalue weighted by Gasteiger charge is 2.08. The van der Waals surface area contributed by atoms with Crippen LogP contribution in [0.1, 0.15) is 5.56 Å². The van der Waals surface area contributed by atoms with Gasteiger partial charge in [-0.1, -0.05) is 12.1 Å². The highest BCUT2D eigenvalue weighted by atomic mass is 16.1. The predicted octanol–water partition coefficient (Wildman–Crippen LogP) is 4.66. The molecule has 3 aromatic heterocycles. The number of pyridine rings is 1. The minimum Gasteiger partial charge on any atom is -0.340 e. The number of hydrogen-bond donors (Lipinski definition) is 3. The Balaban J connectivity index is 1.20. The first-order valence-electron chi connectivity index (χ1n) is 10.7. The van der Waals surface area contributed by atoms with Crippen LogP contribution in [0.2, 0.25) is 0 Å². The van der Waals surface area contributed by atoms with Gasteiger partial charge in [-0.15, -0.1) is 0 Å². The van der Waals surface area contributed by atoms with E-state index in [4.69, 9.17) is 0 Å². The summed E-state index contributed by atoms with van der Waals surface area (Å²) in [6, 6.07) is 20.8. The first-order chi connectivity index (χ1) is 16.6. The molecule has 34 heavy (non-hydrogen) atoms. The van der Waals surface area contributed by atoms with Crippen molar-refractivity contribution in [2.75, 3.05) is 16.0 Å². The third kappa shape index (κ3) is 4.99.